The molecule has 1 aliphatic heterocycles. The Labute approximate surface area is 125 Å². The number of anilines is 1. The van der Waals surface area contributed by atoms with Gasteiger partial charge in [0, 0.05) is 12.6 Å². The van der Waals surface area contributed by atoms with Crippen LogP contribution in [0.5, 0.6) is 5.88 Å². The monoisotopic (exact) mass is 298 g/mol. The van der Waals surface area contributed by atoms with Crippen LogP contribution in [0, 0.1) is 0 Å². The molecule has 1 fully saturated rings. The summed E-state index contributed by atoms with van der Waals surface area (Å²) in [5.41, 5.74) is 0. The number of nitrogens with zero attached hydrogens (tertiary/aromatic N) is 3. The lowest BCUT2D eigenvalue weighted by Crippen LogP contribution is -2.26. The zero-order chi connectivity index (χ0) is 14.4. The predicted molar refractivity (Wildman–Crippen MR) is 81.6 cm³/mol. The molecule has 2 rings (SSSR count). The van der Waals surface area contributed by atoms with Crippen LogP contribution in [0.3, 0.4) is 0 Å². The Bertz CT molecular complexity index is 430. The first-order valence-electron chi connectivity index (χ1n) is 7.30. The van der Waals surface area contributed by atoms with Gasteiger partial charge in [0.2, 0.25) is 11.8 Å². The average Bonchev–Trinajstić information content (AvgIpc) is 2.85. The minimum atomic E-state index is 0.465. The second-order valence-corrected chi connectivity index (χ2v) is 5.59. The summed E-state index contributed by atoms with van der Waals surface area (Å²) in [5.74, 6) is 1.05. The van der Waals surface area contributed by atoms with Crippen molar-refractivity contribution in [2.45, 2.75) is 38.6 Å². The number of ether oxygens (including phenoxy) is 1. The van der Waals surface area contributed by atoms with Gasteiger partial charge in [0.05, 0.1) is 12.8 Å². The van der Waals surface area contributed by atoms with E-state index in [0.717, 1.165) is 19.4 Å². The van der Waals surface area contributed by atoms with Crippen molar-refractivity contribution in [2.75, 3.05) is 32.1 Å². The number of hydrogen-bond acceptors (Lipinski definition) is 5. The molecule has 0 saturated carbocycles. The van der Waals surface area contributed by atoms with Crippen molar-refractivity contribution in [1.29, 1.82) is 0 Å². The molecule has 112 valence electrons. The summed E-state index contributed by atoms with van der Waals surface area (Å²) in [4.78, 5) is 10.8. The molecule has 6 heteroatoms. The van der Waals surface area contributed by atoms with E-state index in [9.17, 15) is 0 Å². The molecule has 1 saturated heterocycles. The lowest BCUT2D eigenvalue weighted by Gasteiger charge is -2.19. The van der Waals surface area contributed by atoms with Gasteiger partial charge < -0.3 is 15.0 Å². The second kappa shape index (κ2) is 7.64. The Balaban J connectivity index is 1.84. The van der Waals surface area contributed by atoms with Crippen LogP contribution in [0.15, 0.2) is 6.20 Å². The standard InChI is InChI=1S/C14H23ClN4O/c1-3-7-16-14-17-10-12(15)13(18-14)20-9-6-11-5-4-8-19(11)2/h10-11H,3-9H2,1-2H3,(H,16,17,18). The Morgan fingerprint density at radius 1 is 1.55 bits per heavy atom. The first kappa shape index (κ1) is 15.3. The molecule has 20 heavy (non-hydrogen) atoms. The van der Waals surface area contributed by atoms with Crippen LogP contribution in [0.25, 0.3) is 0 Å². The SMILES string of the molecule is CCCNc1ncc(Cl)c(OCCC2CCCN2C)n1. The zero-order valence-corrected chi connectivity index (χ0v) is 13.0. The predicted octanol–water partition coefficient (Wildman–Crippen LogP) is 2.82. The Kier molecular flexibility index (Phi) is 5.86. The van der Waals surface area contributed by atoms with Gasteiger partial charge in [-0.15, -0.1) is 0 Å². The highest BCUT2D eigenvalue weighted by atomic mass is 35.5. The largest absolute Gasteiger partial charge is 0.476 e. The summed E-state index contributed by atoms with van der Waals surface area (Å²) in [7, 11) is 2.17. The van der Waals surface area contributed by atoms with Crippen molar-refractivity contribution in [3.05, 3.63) is 11.2 Å². The van der Waals surface area contributed by atoms with Gasteiger partial charge in [-0.3, -0.25) is 0 Å². The Morgan fingerprint density at radius 3 is 3.10 bits per heavy atom. The summed E-state index contributed by atoms with van der Waals surface area (Å²) < 4.78 is 5.72. The van der Waals surface area contributed by atoms with Crippen molar-refractivity contribution in [2.24, 2.45) is 0 Å². The fourth-order valence-electron chi connectivity index (χ4n) is 2.41. The van der Waals surface area contributed by atoms with Gasteiger partial charge in [0.25, 0.3) is 0 Å². The normalized spacial score (nSPS) is 19.2. The summed E-state index contributed by atoms with van der Waals surface area (Å²) in [6.07, 6.45) is 6.15. The van der Waals surface area contributed by atoms with E-state index in [1.165, 1.54) is 19.4 Å². The lowest BCUT2D eigenvalue weighted by molar-refractivity contribution is 0.228. The van der Waals surface area contributed by atoms with E-state index in [1.807, 2.05) is 0 Å². The van der Waals surface area contributed by atoms with Crippen LogP contribution in [-0.2, 0) is 0 Å². The van der Waals surface area contributed by atoms with Crippen LogP contribution in [0.1, 0.15) is 32.6 Å². The zero-order valence-electron chi connectivity index (χ0n) is 12.2. The number of nitrogens with one attached hydrogen (secondary N) is 1. The maximum Gasteiger partial charge on any atom is 0.237 e. The molecule has 0 radical (unpaired) electrons. The molecule has 0 spiro atoms. The van der Waals surface area contributed by atoms with Crippen molar-refractivity contribution in [3.8, 4) is 5.88 Å². The van der Waals surface area contributed by atoms with Gasteiger partial charge in [0.15, 0.2) is 0 Å². The number of halogens is 1. The molecule has 1 aliphatic rings. The van der Waals surface area contributed by atoms with Crippen molar-refractivity contribution in [3.63, 3.8) is 0 Å². The Hall–Kier alpha value is -1.07. The highest BCUT2D eigenvalue weighted by Gasteiger charge is 2.20. The van der Waals surface area contributed by atoms with E-state index < -0.39 is 0 Å². The maximum atomic E-state index is 6.07. The number of rotatable bonds is 7. The smallest absolute Gasteiger partial charge is 0.237 e. The van der Waals surface area contributed by atoms with E-state index >= 15 is 0 Å². The molecule has 1 aromatic heterocycles. The summed E-state index contributed by atoms with van der Waals surface area (Å²) in [5, 5.41) is 3.60. The summed E-state index contributed by atoms with van der Waals surface area (Å²) in [6.45, 7) is 4.76. The Morgan fingerprint density at radius 2 is 2.40 bits per heavy atom. The van der Waals surface area contributed by atoms with Gasteiger partial charge in [-0.05, 0) is 39.3 Å². The molecule has 1 aromatic rings. The van der Waals surface area contributed by atoms with Gasteiger partial charge in [0.1, 0.15) is 5.02 Å². The quantitative estimate of drug-likeness (QED) is 0.839. The number of aromatic nitrogens is 2. The minimum Gasteiger partial charge on any atom is -0.476 e. The topological polar surface area (TPSA) is 50.3 Å². The highest BCUT2D eigenvalue weighted by molar-refractivity contribution is 6.31. The molecule has 0 amide bonds. The van der Waals surface area contributed by atoms with Crippen LogP contribution < -0.4 is 10.1 Å². The van der Waals surface area contributed by atoms with Crippen LogP contribution >= 0.6 is 11.6 Å². The van der Waals surface area contributed by atoms with E-state index in [1.54, 1.807) is 6.20 Å². The lowest BCUT2D eigenvalue weighted by atomic mass is 10.1. The third-order valence-electron chi connectivity index (χ3n) is 3.61. The highest BCUT2D eigenvalue weighted by Crippen LogP contribution is 2.23. The maximum absolute atomic E-state index is 6.07. The second-order valence-electron chi connectivity index (χ2n) is 5.19. The van der Waals surface area contributed by atoms with Gasteiger partial charge in [-0.25, -0.2) is 4.98 Å². The van der Waals surface area contributed by atoms with E-state index in [4.69, 9.17) is 16.3 Å². The fourth-order valence-corrected chi connectivity index (χ4v) is 2.56. The van der Waals surface area contributed by atoms with Crippen molar-refractivity contribution >= 4 is 17.5 Å². The molecule has 1 N–H and O–H groups in total. The van der Waals surface area contributed by atoms with E-state index in [-0.39, 0.29) is 0 Å². The van der Waals surface area contributed by atoms with E-state index in [0.29, 0.717) is 29.5 Å². The molecule has 0 aromatic carbocycles. The van der Waals surface area contributed by atoms with Crippen molar-refractivity contribution in [1.82, 2.24) is 14.9 Å². The molecule has 1 unspecified atom stereocenters. The molecule has 0 aliphatic carbocycles. The number of likely N-dealkylation sites (tertiary alicyclic amines) is 1. The molecule has 5 nitrogen and oxygen atoms in total. The molecule has 0 bridgehead atoms. The molecule has 2 heterocycles. The summed E-state index contributed by atoms with van der Waals surface area (Å²) >= 11 is 6.07. The van der Waals surface area contributed by atoms with Gasteiger partial charge >= 0.3 is 0 Å². The molecular weight excluding hydrogens is 276 g/mol. The van der Waals surface area contributed by atoms with Gasteiger partial charge in [-0.2, -0.15) is 4.98 Å². The minimum absolute atomic E-state index is 0.465. The van der Waals surface area contributed by atoms with Crippen LogP contribution in [0.4, 0.5) is 5.95 Å². The van der Waals surface area contributed by atoms with E-state index in [2.05, 4.69) is 34.2 Å². The fraction of sp³-hybridized carbons (Fsp3) is 0.714. The number of hydrogen-bond donors (Lipinski definition) is 1. The van der Waals surface area contributed by atoms with Crippen LogP contribution in [0.2, 0.25) is 5.02 Å². The van der Waals surface area contributed by atoms with Gasteiger partial charge in [-0.1, -0.05) is 18.5 Å². The van der Waals surface area contributed by atoms with Crippen LogP contribution in [-0.4, -0.2) is 47.7 Å². The first-order chi connectivity index (χ1) is 9.70. The first-order valence-corrected chi connectivity index (χ1v) is 7.68. The third kappa shape index (κ3) is 4.21. The average molecular weight is 299 g/mol. The molecular formula is C14H23ClN4O. The van der Waals surface area contributed by atoms with Crippen molar-refractivity contribution < 1.29 is 4.74 Å². The third-order valence-corrected chi connectivity index (χ3v) is 3.87. The summed E-state index contributed by atoms with van der Waals surface area (Å²) in [6, 6.07) is 0.619. The molecule has 1 atom stereocenters.